The molecule has 1 heterocycles. The second kappa shape index (κ2) is 3.93. The maximum absolute atomic E-state index is 11.7. The second-order valence-electron chi connectivity index (χ2n) is 3.81. The molecule has 3 nitrogen and oxygen atoms in total. The summed E-state index contributed by atoms with van der Waals surface area (Å²) in [6.45, 7) is 2.93. The molecule has 0 spiro atoms. The van der Waals surface area contributed by atoms with Gasteiger partial charge in [0.05, 0.1) is 12.7 Å². The molecule has 0 aromatic heterocycles. The van der Waals surface area contributed by atoms with Gasteiger partial charge in [-0.1, -0.05) is 6.07 Å². The molecule has 1 N–H and O–H groups in total. The number of anilines is 1. The first kappa shape index (κ1) is 10.0. The van der Waals surface area contributed by atoms with Crippen molar-refractivity contribution >= 4 is 11.7 Å². The SMILES string of the molecule is COC(=O)c1c(C)ccc2c1CCCN2. The fraction of sp³-hybridized carbons (Fsp3) is 0.417. The van der Waals surface area contributed by atoms with Crippen LogP contribution in [0.3, 0.4) is 0 Å². The van der Waals surface area contributed by atoms with E-state index in [2.05, 4.69) is 5.32 Å². The third-order valence-corrected chi connectivity index (χ3v) is 2.83. The van der Waals surface area contributed by atoms with E-state index in [0.717, 1.165) is 41.8 Å². The maximum atomic E-state index is 11.7. The quantitative estimate of drug-likeness (QED) is 0.714. The molecule has 2 rings (SSSR count). The number of hydrogen-bond acceptors (Lipinski definition) is 3. The summed E-state index contributed by atoms with van der Waals surface area (Å²) in [5.41, 5.74) is 3.91. The van der Waals surface area contributed by atoms with Gasteiger partial charge in [-0.3, -0.25) is 0 Å². The van der Waals surface area contributed by atoms with Crippen LogP contribution in [0.1, 0.15) is 27.9 Å². The van der Waals surface area contributed by atoms with E-state index in [1.165, 1.54) is 7.11 Å². The Morgan fingerprint density at radius 3 is 3.00 bits per heavy atom. The van der Waals surface area contributed by atoms with Crippen molar-refractivity contribution in [1.29, 1.82) is 0 Å². The minimum atomic E-state index is -0.229. The summed E-state index contributed by atoms with van der Waals surface area (Å²) < 4.78 is 4.82. The van der Waals surface area contributed by atoms with E-state index in [1.54, 1.807) is 0 Å². The molecule has 0 aliphatic carbocycles. The molecule has 80 valence electrons. The Morgan fingerprint density at radius 2 is 2.27 bits per heavy atom. The number of nitrogens with one attached hydrogen (secondary N) is 1. The van der Waals surface area contributed by atoms with E-state index in [1.807, 2.05) is 19.1 Å². The minimum Gasteiger partial charge on any atom is -0.465 e. The molecule has 0 fully saturated rings. The van der Waals surface area contributed by atoms with Crippen LogP contribution in [0.25, 0.3) is 0 Å². The number of carbonyl (C=O) groups is 1. The maximum Gasteiger partial charge on any atom is 0.338 e. The van der Waals surface area contributed by atoms with E-state index in [9.17, 15) is 4.79 Å². The number of benzene rings is 1. The van der Waals surface area contributed by atoms with Crippen LogP contribution in [0.15, 0.2) is 12.1 Å². The third-order valence-electron chi connectivity index (χ3n) is 2.83. The van der Waals surface area contributed by atoms with Crippen LogP contribution in [0.5, 0.6) is 0 Å². The van der Waals surface area contributed by atoms with Crippen molar-refractivity contribution in [2.24, 2.45) is 0 Å². The summed E-state index contributed by atoms with van der Waals surface area (Å²) in [4.78, 5) is 11.7. The van der Waals surface area contributed by atoms with Gasteiger partial charge in [0.1, 0.15) is 0 Å². The Kier molecular flexibility index (Phi) is 2.62. The van der Waals surface area contributed by atoms with Gasteiger partial charge >= 0.3 is 5.97 Å². The molecule has 0 bridgehead atoms. The van der Waals surface area contributed by atoms with Crippen molar-refractivity contribution < 1.29 is 9.53 Å². The lowest BCUT2D eigenvalue weighted by atomic mass is 9.94. The van der Waals surface area contributed by atoms with E-state index < -0.39 is 0 Å². The lowest BCUT2D eigenvalue weighted by Gasteiger charge is -2.21. The van der Waals surface area contributed by atoms with Gasteiger partial charge in [0, 0.05) is 12.2 Å². The van der Waals surface area contributed by atoms with Crippen LogP contribution in [0.4, 0.5) is 5.69 Å². The standard InChI is InChI=1S/C12H15NO2/c1-8-5-6-10-9(4-3-7-13-10)11(8)12(14)15-2/h5-6,13H,3-4,7H2,1-2H3. The zero-order chi connectivity index (χ0) is 10.8. The van der Waals surface area contributed by atoms with Crippen LogP contribution < -0.4 is 5.32 Å². The lowest BCUT2D eigenvalue weighted by molar-refractivity contribution is 0.0598. The summed E-state index contributed by atoms with van der Waals surface area (Å²) in [6.07, 6.45) is 2.02. The number of esters is 1. The first-order valence-corrected chi connectivity index (χ1v) is 5.18. The summed E-state index contributed by atoms with van der Waals surface area (Å²) in [5, 5.41) is 3.30. The Morgan fingerprint density at radius 1 is 1.47 bits per heavy atom. The van der Waals surface area contributed by atoms with E-state index in [-0.39, 0.29) is 5.97 Å². The predicted molar refractivity (Wildman–Crippen MR) is 59.3 cm³/mol. The number of hydrogen-bond donors (Lipinski definition) is 1. The lowest BCUT2D eigenvalue weighted by Crippen LogP contribution is -2.17. The van der Waals surface area contributed by atoms with Gasteiger partial charge in [-0.2, -0.15) is 0 Å². The first-order valence-electron chi connectivity index (χ1n) is 5.18. The smallest absolute Gasteiger partial charge is 0.338 e. The highest BCUT2D eigenvalue weighted by Crippen LogP contribution is 2.28. The zero-order valence-electron chi connectivity index (χ0n) is 9.09. The van der Waals surface area contributed by atoms with Crippen LogP contribution in [-0.4, -0.2) is 19.6 Å². The van der Waals surface area contributed by atoms with Gasteiger partial charge in [-0.25, -0.2) is 4.79 Å². The number of rotatable bonds is 1. The van der Waals surface area contributed by atoms with Crippen molar-refractivity contribution in [2.45, 2.75) is 19.8 Å². The fourth-order valence-electron chi connectivity index (χ4n) is 2.06. The molecule has 0 atom stereocenters. The Bertz CT molecular complexity index is 399. The molecule has 15 heavy (non-hydrogen) atoms. The van der Waals surface area contributed by atoms with Crippen LogP contribution in [-0.2, 0) is 11.2 Å². The van der Waals surface area contributed by atoms with Crippen molar-refractivity contribution in [1.82, 2.24) is 0 Å². The molecule has 3 heteroatoms. The van der Waals surface area contributed by atoms with Crippen LogP contribution in [0, 0.1) is 6.92 Å². The normalized spacial score (nSPS) is 14.0. The molecule has 0 saturated heterocycles. The Hall–Kier alpha value is -1.51. The van der Waals surface area contributed by atoms with Crippen molar-refractivity contribution in [3.8, 4) is 0 Å². The first-order chi connectivity index (χ1) is 7.24. The monoisotopic (exact) mass is 205 g/mol. The summed E-state index contributed by atoms with van der Waals surface area (Å²) >= 11 is 0. The van der Waals surface area contributed by atoms with Crippen LogP contribution >= 0.6 is 0 Å². The molecule has 0 amide bonds. The summed E-state index contributed by atoms with van der Waals surface area (Å²) in [7, 11) is 1.43. The van der Waals surface area contributed by atoms with Gasteiger partial charge < -0.3 is 10.1 Å². The highest BCUT2D eigenvalue weighted by Gasteiger charge is 2.19. The van der Waals surface area contributed by atoms with Gasteiger partial charge in [-0.15, -0.1) is 0 Å². The number of aryl methyl sites for hydroxylation is 1. The van der Waals surface area contributed by atoms with Crippen LogP contribution in [0.2, 0.25) is 0 Å². The molecular weight excluding hydrogens is 190 g/mol. The molecule has 1 aliphatic heterocycles. The van der Waals surface area contributed by atoms with E-state index in [4.69, 9.17) is 4.74 Å². The summed E-state index contributed by atoms with van der Waals surface area (Å²) in [6, 6.07) is 4.00. The van der Waals surface area contributed by atoms with Crippen molar-refractivity contribution in [2.75, 3.05) is 19.0 Å². The minimum absolute atomic E-state index is 0.229. The molecular formula is C12H15NO2. The zero-order valence-corrected chi connectivity index (χ0v) is 9.09. The average molecular weight is 205 g/mol. The molecule has 1 aliphatic rings. The summed E-state index contributed by atoms with van der Waals surface area (Å²) in [5.74, 6) is -0.229. The molecule has 0 radical (unpaired) electrons. The predicted octanol–water partition coefficient (Wildman–Crippen LogP) is 2.14. The molecule has 0 saturated carbocycles. The topological polar surface area (TPSA) is 38.3 Å². The van der Waals surface area contributed by atoms with Gasteiger partial charge in [0.15, 0.2) is 0 Å². The largest absolute Gasteiger partial charge is 0.465 e. The number of ether oxygens (including phenoxy) is 1. The highest BCUT2D eigenvalue weighted by atomic mass is 16.5. The van der Waals surface area contributed by atoms with Gasteiger partial charge in [0.2, 0.25) is 0 Å². The van der Waals surface area contributed by atoms with Crippen molar-refractivity contribution in [3.05, 3.63) is 28.8 Å². The second-order valence-corrected chi connectivity index (χ2v) is 3.81. The number of methoxy groups -OCH3 is 1. The van der Waals surface area contributed by atoms with E-state index in [0.29, 0.717) is 0 Å². The fourth-order valence-corrected chi connectivity index (χ4v) is 2.06. The Labute approximate surface area is 89.4 Å². The average Bonchev–Trinajstić information content (AvgIpc) is 2.28. The van der Waals surface area contributed by atoms with Crippen molar-refractivity contribution in [3.63, 3.8) is 0 Å². The molecule has 0 unspecified atom stereocenters. The molecule has 1 aromatic carbocycles. The number of fused-ring (bicyclic) bond motifs is 1. The third kappa shape index (κ3) is 1.69. The van der Waals surface area contributed by atoms with E-state index >= 15 is 0 Å². The highest BCUT2D eigenvalue weighted by molar-refractivity contribution is 5.94. The van der Waals surface area contributed by atoms with Gasteiger partial charge in [0.25, 0.3) is 0 Å². The Balaban J connectivity index is 2.55. The number of carbonyl (C=O) groups excluding carboxylic acids is 1. The molecule has 1 aromatic rings. The van der Waals surface area contributed by atoms with Gasteiger partial charge in [-0.05, 0) is 37.0 Å².